The van der Waals surface area contributed by atoms with Crippen molar-refractivity contribution < 1.29 is 23.8 Å². The Hall–Kier alpha value is -3.60. The second-order valence-electron chi connectivity index (χ2n) is 9.67. The number of nitrogens with zero attached hydrogens (tertiary/aromatic N) is 2. The van der Waals surface area contributed by atoms with E-state index >= 15 is 0 Å². The fourth-order valence-electron chi connectivity index (χ4n) is 4.65. The van der Waals surface area contributed by atoms with Crippen molar-refractivity contribution >= 4 is 34.5 Å². The van der Waals surface area contributed by atoms with Gasteiger partial charge < -0.3 is 30.2 Å². The van der Waals surface area contributed by atoms with Crippen molar-refractivity contribution in [3.63, 3.8) is 0 Å². The Labute approximate surface area is 232 Å². The first-order valence-electron chi connectivity index (χ1n) is 13.2. The summed E-state index contributed by atoms with van der Waals surface area (Å²) in [6, 6.07) is 12.7. The molecule has 0 aliphatic carbocycles. The van der Waals surface area contributed by atoms with Crippen LogP contribution in [0.1, 0.15) is 27.9 Å². The number of thiophene rings is 1. The van der Waals surface area contributed by atoms with E-state index in [1.54, 1.807) is 11.0 Å². The number of morpholine rings is 1. The van der Waals surface area contributed by atoms with E-state index in [2.05, 4.69) is 10.2 Å². The Morgan fingerprint density at radius 2 is 1.74 bits per heavy atom. The summed E-state index contributed by atoms with van der Waals surface area (Å²) in [6.45, 7) is 6.23. The number of nitrogens with one attached hydrogen (secondary N) is 1. The summed E-state index contributed by atoms with van der Waals surface area (Å²) in [6.07, 6.45) is 1.12. The summed E-state index contributed by atoms with van der Waals surface area (Å²) in [5.74, 6) is 1.32. The minimum absolute atomic E-state index is 0.0189. The number of carbonyl (C=O) groups excluding carboxylic acids is 2. The molecule has 1 saturated heterocycles. The molecule has 3 aromatic rings. The maximum atomic E-state index is 13.4. The van der Waals surface area contributed by atoms with Gasteiger partial charge in [0.25, 0.3) is 0 Å². The average Bonchev–Trinajstić information content (AvgIpc) is 3.37. The predicted molar refractivity (Wildman–Crippen MR) is 152 cm³/mol. The van der Waals surface area contributed by atoms with Crippen LogP contribution in [-0.2, 0) is 17.7 Å². The molecule has 10 heteroatoms. The van der Waals surface area contributed by atoms with E-state index in [0.717, 1.165) is 50.4 Å². The highest BCUT2D eigenvalue weighted by Gasteiger charge is 2.19. The largest absolute Gasteiger partial charge is 0.486 e. The van der Waals surface area contributed by atoms with Crippen LogP contribution in [0.5, 0.6) is 11.5 Å². The Bertz CT molecular complexity index is 1270. The molecule has 9 nitrogen and oxygen atoms in total. The number of ketones is 1. The van der Waals surface area contributed by atoms with Crippen LogP contribution in [0.15, 0.2) is 53.2 Å². The number of carbonyl (C=O) groups is 2. The van der Waals surface area contributed by atoms with Gasteiger partial charge in [0, 0.05) is 67.5 Å². The molecular formula is C29H34N4O5S. The van der Waals surface area contributed by atoms with Crippen LogP contribution < -0.4 is 20.5 Å². The van der Waals surface area contributed by atoms with E-state index < -0.39 is 0 Å². The Morgan fingerprint density at radius 3 is 2.49 bits per heavy atom. The second kappa shape index (κ2) is 13.0. The van der Waals surface area contributed by atoms with Crippen LogP contribution in [0.3, 0.4) is 0 Å². The summed E-state index contributed by atoms with van der Waals surface area (Å²) in [7, 11) is 0. The van der Waals surface area contributed by atoms with Gasteiger partial charge in [0.15, 0.2) is 17.3 Å². The van der Waals surface area contributed by atoms with Gasteiger partial charge in [-0.1, -0.05) is 24.3 Å². The normalized spacial score (nSPS) is 15.1. The Kier molecular flexibility index (Phi) is 8.97. The van der Waals surface area contributed by atoms with E-state index in [9.17, 15) is 9.59 Å². The standard InChI is InChI=1S/C29H34N4O5S/c30-25-20-39-19-23(25)16-26(34)22-4-2-21(3-5-22)18-33(9-1-8-32-10-12-36-13-11-32)29(35)31-24-6-7-27-28(17-24)38-15-14-37-27/h2-7,17,19-20H,1,8-16,18,30H2,(H,31,35). The first-order chi connectivity index (χ1) is 19.0. The lowest BCUT2D eigenvalue weighted by Crippen LogP contribution is -2.40. The maximum absolute atomic E-state index is 13.4. The van der Waals surface area contributed by atoms with Gasteiger partial charge in [-0.05, 0) is 35.1 Å². The topological polar surface area (TPSA) is 106 Å². The molecule has 2 aliphatic heterocycles. The van der Waals surface area contributed by atoms with Crippen molar-refractivity contribution in [3.8, 4) is 11.5 Å². The lowest BCUT2D eigenvalue weighted by molar-refractivity contribution is 0.0365. The zero-order valence-electron chi connectivity index (χ0n) is 21.9. The number of hydrogen-bond acceptors (Lipinski definition) is 8. The van der Waals surface area contributed by atoms with Gasteiger partial charge in [0.1, 0.15) is 13.2 Å². The van der Waals surface area contributed by atoms with Gasteiger partial charge in [0.2, 0.25) is 0 Å². The minimum Gasteiger partial charge on any atom is -0.486 e. The Balaban J connectivity index is 1.24. The molecule has 3 heterocycles. The molecule has 2 aliphatic rings. The number of amides is 2. The van der Waals surface area contributed by atoms with E-state index in [1.807, 2.05) is 47.2 Å². The number of rotatable bonds is 10. The van der Waals surface area contributed by atoms with Crippen LogP contribution in [0.25, 0.3) is 0 Å². The molecule has 1 fully saturated rings. The highest BCUT2D eigenvalue weighted by atomic mass is 32.1. The number of benzene rings is 2. The Morgan fingerprint density at radius 1 is 0.974 bits per heavy atom. The molecule has 5 rings (SSSR count). The van der Waals surface area contributed by atoms with Crippen LogP contribution in [0.2, 0.25) is 0 Å². The monoisotopic (exact) mass is 550 g/mol. The van der Waals surface area contributed by atoms with Crippen molar-refractivity contribution in [2.24, 2.45) is 0 Å². The molecule has 0 spiro atoms. The zero-order valence-corrected chi connectivity index (χ0v) is 22.7. The van der Waals surface area contributed by atoms with E-state index in [-0.39, 0.29) is 18.2 Å². The fraction of sp³-hybridized carbons (Fsp3) is 0.379. The number of anilines is 2. The van der Waals surface area contributed by atoms with Crippen molar-refractivity contribution in [2.75, 3.05) is 63.7 Å². The van der Waals surface area contributed by atoms with Crippen molar-refractivity contribution in [2.45, 2.75) is 19.4 Å². The van der Waals surface area contributed by atoms with Crippen LogP contribution in [0, 0.1) is 0 Å². The number of Topliss-reactive ketones (excluding diaryl/α,β-unsaturated/α-hetero) is 1. The third kappa shape index (κ3) is 7.29. The summed E-state index contributed by atoms with van der Waals surface area (Å²) in [4.78, 5) is 30.3. The maximum Gasteiger partial charge on any atom is 0.322 e. The third-order valence-corrected chi connectivity index (χ3v) is 7.67. The van der Waals surface area contributed by atoms with Gasteiger partial charge in [0.05, 0.1) is 13.2 Å². The highest BCUT2D eigenvalue weighted by Crippen LogP contribution is 2.32. The molecule has 3 N–H and O–H groups in total. The first kappa shape index (κ1) is 27.0. The van der Waals surface area contributed by atoms with E-state index in [0.29, 0.717) is 54.7 Å². The molecule has 0 saturated carbocycles. The van der Waals surface area contributed by atoms with E-state index in [4.69, 9.17) is 19.9 Å². The minimum atomic E-state index is -0.193. The quantitative estimate of drug-likeness (QED) is 0.363. The number of hydrogen-bond donors (Lipinski definition) is 2. The molecular weight excluding hydrogens is 516 g/mol. The molecule has 0 atom stereocenters. The number of nitrogens with two attached hydrogens (primary N) is 1. The van der Waals surface area contributed by atoms with Crippen molar-refractivity contribution in [1.82, 2.24) is 9.80 Å². The van der Waals surface area contributed by atoms with Gasteiger partial charge in [-0.2, -0.15) is 0 Å². The molecule has 2 amide bonds. The molecule has 0 bridgehead atoms. The van der Waals surface area contributed by atoms with Crippen molar-refractivity contribution in [3.05, 3.63) is 69.9 Å². The predicted octanol–water partition coefficient (Wildman–Crippen LogP) is 4.28. The molecule has 2 aromatic carbocycles. The summed E-state index contributed by atoms with van der Waals surface area (Å²) >= 11 is 1.49. The summed E-state index contributed by atoms with van der Waals surface area (Å²) in [5, 5.41) is 6.77. The van der Waals surface area contributed by atoms with Gasteiger partial charge in [-0.25, -0.2) is 4.79 Å². The molecule has 206 valence electrons. The zero-order chi connectivity index (χ0) is 27.0. The van der Waals surface area contributed by atoms with Crippen molar-refractivity contribution in [1.29, 1.82) is 0 Å². The fourth-order valence-corrected chi connectivity index (χ4v) is 5.40. The first-order valence-corrected chi connectivity index (χ1v) is 14.2. The average molecular weight is 551 g/mol. The van der Waals surface area contributed by atoms with Gasteiger partial charge in [-0.3, -0.25) is 9.69 Å². The number of fused-ring (bicyclic) bond motifs is 1. The SMILES string of the molecule is Nc1cscc1CC(=O)c1ccc(CN(CCCN2CCOCC2)C(=O)Nc2ccc3c(c2)OCCO3)cc1. The van der Waals surface area contributed by atoms with Gasteiger partial charge in [-0.15, -0.1) is 11.3 Å². The number of ether oxygens (including phenoxy) is 3. The summed E-state index contributed by atoms with van der Waals surface area (Å²) < 4.78 is 16.7. The lowest BCUT2D eigenvalue weighted by Gasteiger charge is -2.28. The molecule has 0 unspecified atom stereocenters. The summed E-state index contributed by atoms with van der Waals surface area (Å²) in [5.41, 5.74) is 9.68. The van der Waals surface area contributed by atoms with Crippen LogP contribution in [-0.4, -0.2) is 74.2 Å². The number of urea groups is 1. The molecule has 0 radical (unpaired) electrons. The van der Waals surface area contributed by atoms with Crippen LogP contribution in [0.4, 0.5) is 16.2 Å². The number of nitrogen functional groups attached to an aromatic ring is 1. The van der Waals surface area contributed by atoms with Gasteiger partial charge >= 0.3 is 6.03 Å². The molecule has 39 heavy (non-hydrogen) atoms. The second-order valence-corrected chi connectivity index (χ2v) is 10.4. The van der Waals surface area contributed by atoms with E-state index in [1.165, 1.54) is 11.3 Å². The molecule has 1 aromatic heterocycles. The lowest BCUT2D eigenvalue weighted by atomic mass is 10.0. The highest BCUT2D eigenvalue weighted by molar-refractivity contribution is 7.08. The third-order valence-electron chi connectivity index (χ3n) is 6.86. The van der Waals surface area contributed by atoms with Crippen LogP contribution >= 0.6 is 11.3 Å². The smallest absolute Gasteiger partial charge is 0.322 e.